The van der Waals surface area contributed by atoms with Gasteiger partial charge in [-0.3, -0.25) is 4.79 Å². The molecule has 1 saturated heterocycles. The van der Waals surface area contributed by atoms with Crippen molar-refractivity contribution in [2.24, 2.45) is 0 Å². The van der Waals surface area contributed by atoms with Gasteiger partial charge >= 0.3 is 6.18 Å². The number of halogens is 4. The van der Waals surface area contributed by atoms with Crippen LogP contribution < -0.4 is 4.90 Å². The van der Waals surface area contributed by atoms with Crippen LogP contribution in [-0.2, 0) is 6.18 Å². The van der Waals surface area contributed by atoms with Crippen molar-refractivity contribution < 1.29 is 27.6 Å². The molecular formula is C23H21ClF3N3O3. The van der Waals surface area contributed by atoms with E-state index in [-0.39, 0.29) is 24.4 Å². The second kappa shape index (κ2) is 9.07. The molecule has 174 valence electrons. The summed E-state index contributed by atoms with van der Waals surface area (Å²) in [5.41, 5.74) is 1.02. The van der Waals surface area contributed by atoms with Gasteiger partial charge in [-0.15, -0.1) is 0 Å². The maximum absolute atomic E-state index is 13.1. The number of aliphatic hydroxyl groups is 1. The Balaban J connectivity index is 1.51. The highest BCUT2D eigenvalue weighted by Crippen LogP contribution is 2.33. The molecule has 1 atom stereocenters. The van der Waals surface area contributed by atoms with Gasteiger partial charge in [-0.05, 0) is 37.3 Å². The van der Waals surface area contributed by atoms with Gasteiger partial charge in [0, 0.05) is 42.5 Å². The van der Waals surface area contributed by atoms with Gasteiger partial charge in [-0.2, -0.15) is 13.2 Å². The standard InChI is InChI=1S/C23H21ClF3N3O3/c1-14(31)19-20(15-5-7-17(24)8-6-15)28-33-21(19)22(32)30-11-9-29(10-12-30)18-4-2-3-16(13-18)23(25,26)27/h2-8,13-14,31H,9-12H2,1H3/t14-/m0/s1. The first-order valence-electron chi connectivity index (χ1n) is 10.3. The van der Waals surface area contributed by atoms with Gasteiger partial charge in [0.2, 0.25) is 5.76 Å². The molecule has 0 saturated carbocycles. The number of hydrogen-bond acceptors (Lipinski definition) is 5. The van der Waals surface area contributed by atoms with Gasteiger partial charge < -0.3 is 19.4 Å². The number of aromatic nitrogens is 1. The Bertz CT molecular complexity index is 1140. The number of anilines is 1. The summed E-state index contributed by atoms with van der Waals surface area (Å²) < 4.78 is 44.4. The fraction of sp³-hybridized carbons (Fsp3) is 0.304. The molecule has 0 radical (unpaired) electrons. The van der Waals surface area contributed by atoms with Gasteiger partial charge in [0.25, 0.3) is 5.91 Å². The fourth-order valence-electron chi connectivity index (χ4n) is 3.85. The van der Waals surface area contributed by atoms with Crippen LogP contribution in [0.1, 0.15) is 34.7 Å². The Labute approximate surface area is 193 Å². The van der Waals surface area contributed by atoms with Gasteiger partial charge in [-0.1, -0.05) is 35.0 Å². The summed E-state index contributed by atoms with van der Waals surface area (Å²) in [6.07, 6.45) is -5.42. The summed E-state index contributed by atoms with van der Waals surface area (Å²) >= 11 is 5.93. The molecule has 10 heteroatoms. The molecule has 0 aliphatic carbocycles. The first kappa shape index (κ1) is 23.1. The zero-order valence-electron chi connectivity index (χ0n) is 17.6. The van der Waals surface area contributed by atoms with Crippen LogP contribution in [0.2, 0.25) is 5.02 Å². The molecule has 2 heterocycles. The van der Waals surface area contributed by atoms with Gasteiger partial charge in [0.1, 0.15) is 5.69 Å². The van der Waals surface area contributed by atoms with E-state index in [4.69, 9.17) is 16.1 Å². The summed E-state index contributed by atoms with van der Waals surface area (Å²) in [5.74, 6) is -0.482. The molecule has 1 fully saturated rings. The molecule has 1 amide bonds. The topological polar surface area (TPSA) is 69.8 Å². The first-order chi connectivity index (χ1) is 15.6. The third kappa shape index (κ3) is 4.84. The van der Waals surface area contributed by atoms with Crippen molar-refractivity contribution in [2.45, 2.75) is 19.2 Å². The zero-order chi connectivity index (χ0) is 23.8. The second-order valence-corrected chi connectivity index (χ2v) is 8.22. The largest absolute Gasteiger partial charge is 0.416 e. The van der Waals surface area contributed by atoms with Crippen LogP contribution >= 0.6 is 11.6 Å². The molecule has 33 heavy (non-hydrogen) atoms. The van der Waals surface area contributed by atoms with Crippen LogP contribution in [-0.4, -0.2) is 47.2 Å². The predicted molar refractivity (Wildman–Crippen MR) is 117 cm³/mol. The van der Waals surface area contributed by atoms with E-state index in [1.54, 1.807) is 40.1 Å². The predicted octanol–water partition coefficient (Wildman–Crippen LogP) is 5.03. The Kier molecular flexibility index (Phi) is 6.36. The van der Waals surface area contributed by atoms with Crippen LogP contribution in [0.3, 0.4) is 0 Å². The molecule has 1 aromatic heterocycles. The second-order valence-electron chi connectivity index (χ2n) is 7.78. The van der Waals surface area contributed by atoms with Gasteiger partial charge in [-0.25, -0.2) is 0 Å². The lowest BCUT2D eigenvalue weighted by Gasteiger charge is -2.36. The minimum atomic E-state index is -4.42. The van der Waals surface area contributed by atoms with E-state index in [1.807, 2.05) is 0 Å². The number of benzene rings is 2. The quantitative estimate of drug-likeness (QED) is 0.568. The van der Waals surface area contributed by atoms with Crippen molar-refractivity contribution in [2.75, 3.05) is 31.1 Å². The number of nitrogens with zero attached hydrogens (tertiary/aromatic N) is 3. The molecule has 3 aromatic rings. The highest BCUT2D eigenvalue weighted by molar-refractivity contribution is 6.30. The molecule has 1 aliphatic rings. The Morgan fingerprint density at radius 2 is 1.79 bits per heavy atom. The van der Waals surface area contributed by atoms with Crippen molar-refractivity contribution >= 4 is 23.2 Å². The maximum Gasteiger partial charge on any atom is 0.416 e. The molecular weight excluding hydrogens is 459 g/mol. The van der Waals surface area contributed by atoms with Crippen LogP contribution in [0.15, 0.2) is 53.1 Å². The van der Waals surface area contributed by atoms with Crippen molar-refractivity contribution in [1.29, 1.82) is 0 Å². The lowest BCUT2D eigenvalue weighted by Crippen LogP contribution is -2.49. The van der Waals surface area contributed by atoms with E-state index in [0.717, 1.165) is 12.1 Å². The number of aliphatic hydroxyl groups excluding tert-OH is 1. The van der Waals surface area contributed by atoms with E-state index >= 15 is 0 Å². The SMILES string of the molecule is C[C@H](O)c1c(-c2ccc(Cl)cc2)noc1C(=O)N1CCN(c2cccc(C(F)(F)F)c2)CC1. The van der Waals surface area contributed by atoms with Crippen molar-refractivity contribution in [3.63, 3.8) is 0 Å². The normalized spacial score (nSPS) is 15.6. The van der Waals surface area contributed by atoms with Crippen molar-refractivity contribution in [1.82, 2.24) is 10.1 Å². The Morgan fingerprint density at radius 1 is 1.12 bits per heavy atom. The molecule has 0 spiro atoms. The van der Waals surface area contributed by atoms with E-state index in [2.05, 4.69) is 5.16 Å². The molecule has 2 aromatic carbocycles. The minimum Gasteiger partial charge on any atom is -0.388 e. The smallest absolute Gasteiger partial charge is 0.388 e. The summed E-state index contributed by atoms with van der Waals surface area (Å²) in [6, 6.07) is 11.9. The van der Waals surface area contributed by atoms with E-state index in [9.17, 15) is 23.1 Å². The molecule has 4 rings (SSSR count). The average molecular weight is 480 g/mol. The number of piperazine rings is 1. The highest BCUT2D eigenvalue weighted by atomic mass is 35.5. The van der Waals surface area contributed by atoms with E-state index in [1.165, 1.54) is 13.0 Å². The molecule has 0 unspecified atom stereocenters. The molecule has 1 aliphatic heterocycles. The highest BCUT2D eigenvalue weighted by Gasteiger charge is 2.33. The summed E-state index contributed by atoms with van der Waals surface area (Å²) in [4.78, 5) is 16.5. The molecule has 0 bridgehead atoms. The zero-order valence-corrected chi connectivity index (χ0v) is 18.4. The van der Waals surface area contributed by atoms with Gasteiger partial charge in [0.15, 0.2) is 0 Å². The molecule has 1 N–H and O–H groups in total. The van der Waals surface area contributed by atoms with E-state index in [0.29, 0.717) is 35.1 Å². The monoisotopic (exact) mass is 479 g/mol. The van der Waals surface area contributed by atoms with Crippen LogP contribution in [0.4, 0.5) is 18.9 Å². The Hall–Kier alpha value is -3.04. The summed E-state index contributed by atoms with van der Waals surface area (Å²) in [7, 11) is 0. The number of hydrogen-bond donors (Lipinski definition) is 1. The Morgan fingerprint density at radius 3 is 2.39 bits per heavy atom. The minimum absolute atomic E-state index is 0.0533. The maximum atomic E-state index is 13.1. The van der Waals surface area contributed by atoms with Crippen LogP contribution in [0.25, 0.3) is 11.3 Å². The van der Waals surface area contributed by atoms with E-state index < -0.39 is 23.8 Å². The lowest BCUT2D eigenvalue weighted by molar-refractivity contribution is -0.137. The third-order valence-electron chi connectivity index (χ3n) is 5.56. The van der Waals surface area contributed by atoms with Crippen LogP contribution in [0, 0.1) is 0 Å². The van der Waals surface area contributed by atoms with Crippen molar-refractivity contribution in [3.8, 4) is 11.3 Å². The fourth-order valence-corrected chi connectivity index (χ4v) is 3.97. The van der Waals surface area contributed by atoms with Crippen LogP contribution in [0.5, 0.6) is 0 Å². The number of carbonyl (C=O) groups excluding carboxylic acids is 1. The number of carbonyl (C=O) groups is 1. The summed E-state index contributed by atoms with van der Waals surface area (Å²) in [6.45, 7) is 2.80. The van der Waals surface area contributed by atoms with Crippen molar-refractivity contribution in [3.05, 3.63) is 70.4 Å². The number of alkyl halides is 3. The third-order valence-corrected chi connectivity index (χ3v) is 5.82. The molecule has 6 nitrogen and oxygen atoms in total. The number of amides is 1. The first-order valence-corrected chi connectivity index (χ1v) is 10.7. The summed E-state index contributed by atoms with van der Waals surface area (Å²) in [5, 5.41) is 14.9. The number of rotatable bonds is 4. The average Bonchev–Trinajstić information content (AvgIpc) is 3.24. The van der Waals surface area contributed by atoms with Gasteiger partial charge in [0.05, 0.1) is 17.2 Å². The lowest BCUT2D eigenvalue weighted by atomic mass is 10.0.